The molecular formula is C22H22N4O3. The first-order chi connectivity index (χ1) is 14.0. The number of fused-ring (bicyclic) bond motifs is 1. The minimum Gasteiger partial charge on any atom is -0.489 e. The molecule has 1 atom stereocenters. The van der Waals surface area contributed by atoms with Crippen LogP contribution in [0.5, 0.6) is 5.75 Å². The molecule has 0 unspecified atom stereocenters. The van der Waals surface area contributed by atoms with Gasteiger partial charge in [0.05, 0.1) is 5.69 Å². The number of carbonyl (C=O) groups is 2. The molecule has 1 aliphatic heterocycles. The Labute approximate surface area is 168 Å². The fourth-order valence-electron chi connectivity index (χ4n) is 3.40. The molecule has 29 heavy (non-hydrogen) atoms. The number of amides is 2. The molecule has 0 spiro atoms. The molecule has 2 aromatic carbocycles. The fourth-order valence-corrected chi connectivity index (χ4v) is 3.40. The number of para-hydroxylation sites is 2. The molecular weight excluding hydrogens is 368 g/mol. The lowest BCUT2D eigenvalue weighted by molar-refractivity contribution is -0.120. The van der Waals surface area contributed by atoms with Crippen molar-refractivity contribution in [2.24, 2.45) is 0 Å². The van der Waals surface area contributed by atoms with Gasteiger partial charge in [-0.15, -0.1) is 0 Å². The standard InChI is InChI=1S/C22H22N4O3/c1-14-6-5-7-15(10-14)11-16-12-17(25-24-16)21(27)23-18-13-29-20-9-4-3-8-19(20)26(2)22(18)28/h3-10,12,18H,11,13H2,1-2H3,(H,23,27)(H,24,25)/t18-/m0/s1. The normalized spacial score (nSPS) is 16.0. The lowest BCUT2D eigenvalue weighted by Gasteiger charge is -2.19. The van der Waals surface area contributed by atoms with Gasteiger partial charge >= 0.3 is 0 Å². The number of hydrogen-bond acceptors (Lipinski definition) is 4. The average molecular weight is 390 g/mol. The number of ether oxygens (including phenoxy) is 1. The van der Waals surface area contributed by atoms with Crippen LogP contribution >= 0.6 is 0 Å². The van der Waals surface area contributed by atoms with Crippen LogP contribution in [0, 0.1) is 6.92 Å². The molecule has 3 aromatic rings. The zero-order valence-corrected chi connectivity index (χ0v) is 16.3. The number of carbonyl (C=O) groups excluding carboxylic acids is 2. The largest absolute Gasteiger partial charge is 0.489 e. The number of benzene rings is 2. The van der Waals surface area contributed by atoms with Crippen molar-refractivity contribution >= 4 is 17.5 Å². The summed E-state index contributed by atoms with van der Waals surface area (Å²) >= 11 is 0. The molecule has 0 bridgehead atoms. The summed E-state index contributed by atoms with van der Waals surface area (Å²) in [7, 11) is 1.67. The number of likely N-dealkylation sites (N-methyl/N-ethyl adjacent to an activating group) is 1. The van der Waals surface area contributed by atoms with Gasteiger partial charge in [0.2, 0.25) is 0 Å². The third kappa shape index (κ3) is 3.99. The smallest absolute Gasteiger partial charge is 0.272 e. The zero-order valence-electron chi connectivity index (χ0n) is 16.3. The van der Waals surface area contributed by atoms with Gasteiger partial charge in [-0.05, 0) is 30.7 Å². The third-order valence-electron chi connectivity index (χ3n) is 4.91. The molecule has 0 aliphatic carbocycles. The number of hydrogen-bond donors (Lipinski definition) is 2. The van der Waals surface area contributed by atoms with Crippen molar-refractivity contribution < 1.29 is 14.3 Å². The van der Waals surface area contributed by atoms with E-state index < -0.39 is 11.9 Å². The summed E-state index contributed by atoms with van der Waals surface area (Å²) in [6.07, 6.45) is 0.644. The monoisotopic (exact) mass is 390 g/mol. The van der Waals surface area contributed by atoms with Crippen molar-refractivity contribution in [3.8, 4) is 5.75 Å². The molecule has 0 fully saturated rings. The molecule has 0 saturated heterocycles. The van der Waals surface area contributed by atoms with Crippen molar-refractivity contribution in [1.29, 1.82) is 0 Å². The van der Waals surface area contributed by atoms with E-state index >= 15 is 0 Å². The van der Waals surface area contributed by atoms with Crippen LogP contribution in [0.15, 0.2) is 54.6 Å². The van der Waals surface area contributed by atoms with Crippen LogP contribution in [-0.2, 0) is 11.2 Å². The lowest BCUT2D eigenvalue weighted by Crippen LogP contribution is -2.49. The maximum absolute atomic E-state index is 12.8. The molecule has 0 radical (unpaired) electrons. The summed E-state index contributed by atoms with van der Waals surface area (Å²) in [5.41, 5.74) is 4.05. The molecule has 2 N–H and O–H groups in total. The first-order valence-electron chi connectivity index (χ1n) is 9.41. The van der Waals surface area contributed by atoms with Crippen molar-refractivity contribution in [1.82, 2.24) is 15.5 Å². The SMILES string of the molecule is Cc1cccc(Cc2cc(C(=O)N[C@H]3COc4ccccc4N(C)C3=O)n[nH]2)c1. The van der Waals surface area contributed by atoms with Crippen LogP contribution in [0.3, 0.4) is 0 Å². The summed E-state index contributed by atoms with van der Waals surface area (Å²) in [4.78, 5) is 26.9. The Morgan fingerprint density at radius 2 is 2.07 bits per heavy atom. The van der Waals surface area contributed by atoms with Crippen LogP contribution in [0.1, 0.15) is 27.3 Å². The molecule has 1 aliphatic rings. The molecule has 4 rings (SSSR count). The highest BCUT2D eigenvalue weighted by Gasteiger charge is 2.31. The van der Waals surface area contributed by atoms with Gasteiger partial charge in [-0.3, -0.25) is 14.7 Å². The maximum atomic E-state index is 12.8. The van der Waals surface area contributed by atoms with Gasteiger partial charge in [0, 0.05) is 19.2 Å². The fraction of sp³-hybridized carbons (Fsp3) is 0.227. The summed E-state index contributed by atoms with van der Waals surface area (Å²) in [6, 6.07) is 16.4. The quantitative estimate of drug-likeness (QED) is 0.716. The summed E-state index contributed by atoms with van der Waals surface area (Å²) < 4.78 is 5.73. The number of nitrogens with one attached hydrogen (secondary N) is 2. The third-order valence-corrected chi connectivity index (χ3v) is 4.91. The van der Waals surface area contributed by atoms with E-state index in [9.17, 15) is 9.59 Å². The highest BCUT2D eigenvalue weighted by molar-refractivity contribution is 6.02. The maximum Gasteiger partial charge on any atom is 0.272 e. The van der Waals surface area contributed by atoms with Crippen LogP contribution in [-0.4, -0.2) is 41.7 Å². The number of nitrogens with zero attached hydrogens (tertiary/aromatic N) is 2. The van der Waals surface area contributed by atoms with Crippen molar-refractivity contribution in [2.75, 3.05) is 18.6 Å². The van der Waals surface area contributed by atoms with E-state index in [0.717, 1.165) is 11.3 Å². The number of aromatic amines is 1. The molecule has 7 nitrogen and oxygen atoms in total. The minimum atomic E-state index is -0.795. The van der Waals surface area contributed by atoms with Gasteiger partial charge in [-0.2, -0.15) is 5.10 Å². The Morgan fingerprint density at radius 3 is 2.90 bits per heavy atom. The zero-order chi connectivity index (χ0) is 20.4. The van der Waals surface area contributed by atoms with E-state index in [1.165, 1.54) is 10.5 Å². The minimum absolute atomic E-state index is 0.0620. The molecule has 7 heteroatoms. The van der Waals surface area contributed by atoms with E-state index in [0.29, 0.717) is 17.9 Å². The predicted octanol–water partition coefficient (Wildman–Crippen LogP) is 2.46. The van der Waals surface area contributed by atoms with Crippen LogP contribution in [0.25, 0.3) is 0 Å². The lowest BCUT2D eigenvalue weighted by atomic mass is 10.1. The molecule has 2 heterocycles. The summed E-state index contributed by atoms with van der Waals surface area (Å²) in [5, 5.41) is 9.74. The number of H-pyrrole nitrogens is 1. The van der Waals surface area contributed by atoms with Crippen LogP contribution < -0.4 is 15.0 Å². The number of rotatable bonds is 4. The van der Waals surface area contributed by atoms with Crippen molar-refractivity contribution in [2.45, 2.75) is 19.4 Å². The van der Waals surface area contributed by atoms with E-state index in [1.807, 2.05) is 43.3 Å². The average Bonchev–Trinajstić information content (AvgIpc) is 3.14. The highest BCUT2D eigenvalue weighted by Crippen LogP contribution is 2.29. The van der Waals surface area contributed by atoms with Gasteiger partial charge in [-0.1, -0.05) is 42.0 Å². The Morgan fingerprint density at radius 1 is 1.24 bits per heavy atom. The Balaban J connectivity index is 1.44. The second-order valence-corrected chi connectivity index (χ2v) is 7.15. The summed E-state index contributed by atoms with van der Waals surface area (Å²) in [6.45, 7) is 2.10. The first-order valence-corrected chi connectivity index (χ1v) is 9.41. The van der Waals surface area contributed by atoms with E-state index in [2.05, 4.69) is 21.6 Å². The second-order valence-electron chi connectivity index (χ2n) is 7.15. The van der Waals surface area contributed by atoms with Crippen LogP contribution in [0.4, 0.5) is 5.69 Å². The number of aryl methyl sites for hydroxylation is 1. The Hall–Kier alpha value is -3.61. The number of aromatic nitrogens is 2. The van der Waals surface area contributed by atoms with Crippen LogP contribution in [0.2, 0.25) is 0 Å². The summed E-state index contributed by atoms with van der Waals surface area (Å²) in [5.74, 6) is -0.0443. The van der Waals surface area contributed by atoms with Gasteiger partial charge in [0.25, 0.3) is 11.8 Å². The van der Waals surface area contributed by atoms with Gasteiger partial charge < -0.3 is 15.0 Å². The predicted molar refractivity (Wildman–Crippen MR) is 109 cm³/mol. The molecule has 0 saturated carbocycles. The van der Waals surface area contributed by atoms with Gasteiger partial charge in [-0.25, -0.2) is 0 Å². The van der Waals surface area contributed by atoms with E-state index in [1.54, 1.807) is 19.2 Å². The molecule has 148 valence electrons. The Bertz CT molecular complexity index is 1060. The molecule has 1 aromatic heterocycles. The number of anilines is 1. The van der Waals surface area contributed by atoms with E-state index in [4.69, 9.17) is 4.74 Å². The van der Waals surface area contributed by atoms with E-state index in [-0.39, 0.29) is 18.2 Å². The van der Waals surface area contributed by atoms with Crippen molar-refractivity contribution in [3.63, 3.8) is 0 Å². The highest BCUT2D eigenvalue weighted by atomic mass is 16.5. The van der Waals surface area contributed by atoms with Crippen molar-refractivity contribution in [3.05, 3.63) is 77.1 Å². The first kappa shape index (κ1) is 18.7. The topological polar surface area (TPSA) is 87.3 Å². The second kappa shape index (κ2) is 7.79. The molecule has 2 amide bonds. The van der Waals surface area contributed by atoms with Gasteiger partial charge in [0.1, 0.15) is 24.1 Å². The Kier molecular flexibility index (Phi) is 5.03. The van der Waals surface area contributed by atoms with Gasteiger partial charge in [0.15, 0.2) is 0 Å².